The molecule has 2 aromatic carbocycles. The molecule has 0 aliphatic carbocycles. The van der Waals surface area contributed by atoms with Crippen molar-refractivity contribution in [1.29, 1.82) is 0 Å². The molecule has 2 fully saturated rings. The van der Waals surface area contributed by atoms with Crippen molar-refractivity contribution in [3.8, 4) is 5.75 Å². The van der Waals surface area contributed by atoms with Gasteiger partial charge in [0.15, 0.2) is 0 Å². The van der Waals surface area contributed by atoms with Crippen molar-refractivity contribution in [2.75, 3.05) is 38.2 Å². The van der Waals surface area contributed by atoms with Crippen LogP contribution in [0, 0.1) is 5.82 Å². The number of nitrogens with zero attached hydrogens (tertiary/aromatic N) is 3. The second-order valence-corrected chi connectivity index (χ2v) is 8.94. The van der Waals surface area contributed by atoms with Crippen molar-refractivity contribution in [2.45, 2.75) is 32.0 Å². The summed E-state index contributed by atoms with van der Waals surface area (Å²) in [4.78, 5) is 42.4. The summed E-state index contributed by atoms with van der Waals surface area (Å²) in [6.45, 7) is 3.87. The first-order chi connectivity index (χ1) is 16.4. The minimum Gasteiger partial charge on any atom is -0.496 e. The van der Waals surface area contributed by atoms with E-state index >= 15 is 4.39 Å². The lowest BCUT2D eigenvalue weighted by Crippen LogP contribution is -2.52. The Labute approximate surface area is 197 Å². The van der Waals surface area contributed by atoms with E-state index in [-0.39, 0.29) is 31.2 Å². The lowest BCUT2D eigenvalue weighted by atomic mass is 10.0. The zero-order chi connectivity index (χ0) is 23.8. The Morgan fingerprint density at radius 3 is 2.59 bits per heavy atom. The molecule has 0 bridgehead atoms. The van der Waals surface area contributed by atoms with Gasteiger partial charge in [0.2, 0.25) is 11.8 Å². The monoisotopic (exact) mass is 466 g/mol. The third kappa shape index (κ3) is 4.11. The summed E-state index contributed by atoms with van der Waals surface area (Å²) < 4.78 is 20.5. The highest BCUT2D eigenvalue weighted by atomic mass is 19.1. The molecule has 3 heterocycles. The Morgan fingerprint density at radius 2 is 1.85 bits per heavy atom. The third-order valence-corrected chi connectivity index (χ3v) is 6.89. The second-order valence-electron chi connectivity index (χ2n) is 8.94. The molecule has 1 atom stereocenters. The van der Waals surface area contributed by atoms with Crippen molar-refractivity contribution in [3.63, 3.8) is 0 Å². The van der Waals surface area contributed by atoms with Crippen molar-refractivity contribution < 1.29 is 23.5 Å². The Morgan fingerprint density at radius 1 is 1.09 bits per heavy atom. The number of fused-ring (bicyclic) bond motifs is 1. The minimum atomic E-state index is -0.706. The van der Waals surface area contributed by atoms with Crippen LogP contribution in [0.4, 0.5) is 10.1 Å². The lowest BCUT2D eigenvalue weighted by Gasteiger charge is -2.36. The van der Waals surface area contributed by atoms with Crippen LogP contribution in [0.15, 0.2) is 36.4 Å². The maximum atomic E-state index is 15.1. The molecular weight excluding hydrogens is 439 g/mol. The summed E-state index contributed by atoms with van der Waals surface area (Å²) in [6.07, 6.45) is 0.475. The molecule has 8 nitrogen and oxygen atoms in total. The van der Waals surface area contributed by atoms with Crippen molar-refractivity contribution >= 4 is 23.4 Å². The van der Waals surface area contributed by atoms with Gasteiger partial charge in [-0.15, -0.1) is 0 Å². The van der Waals surface area contributed by atoms with Crippen LogP contribution in [0.2, 0.25) is 0 Å². The second kappa shape index (κ2) is 9.06. The standard InChI is InChI=1S/C25H27FN4O4/c1-34-22-5-3-2-4-16(22)14-28-8-10-29(11-9-28)21-12-17-15-30(25(33)18(17)13-19(21)26)20-6-7-23(31)27-24(20)32/h2-5,12-13,20H,6-11,14-15H2,1H3,(H,27,31,32). The zero-order valence-corrected chi connectivity index (χ0v) is 19.1. The molecule has 3 aliphatic rings. The number of imide groups is 1. The topological polar surface area (TPSA) is 82.2 Å². The number of amides is 3. The van der Waals surface area contributed by atoms with E-state index in [1.165, 1.54) is 11.0 Å². The largest absolute Gasteiger partial charge is 0.496 e. The number of hydrogen-bond donors (Lipinski definition) is 1. The van der Waals surface area contributed by atoms with Gasteiger partial charge >= 0.3 is 0 Å². The molecular formula is C25H27FN4O4. The summed E-state index contributed by atoms with van der Waals surface area (Å²) in [5, 5.41) is 2.29. The van der Waals surface area contributed by atoms with Crippen LogP contribution in [-0.2, 0) is 22.7 Å². The first kappa shape index (κ1) is 22.3. The van der Waals surface area contributed by atoms with E-state index in [1.54, 1.807) is 13.2 Å². The highest BCUT2D eigenvalue weighted by Crippen LogP contribution is 2.33. The van der Waals surface area contributed by atoms with Crippen molar-refractivity contribution in [1.82, 2.24) is 15.1 Å². The number of piperidine rings is 1. The Kier molecular flexibility index (Phi) is 5.95. The molecule has 0 saturated carbocycles. The van der Waals surface area contributed by atoms with Crippen molar-refractivity contribution in [2.24, 2.45) is 0 Å². The lowest BCUT2D eigenvalue weighted by molar-refractivity contribution is -0.136. The van der Waals surface area contributed by atoms with Gasteiger partial charge in [0.05, 0.1) is 12.8 Å². The van der Waals surface area contributed by atoms with Crippen LogP contribution >= 0.6 is 0 Å². The van der Waals surface area contributed by atoms with Crippen LogP contribution in [-0.4, -0.2) is 66.9 Å². The highest BCUT2D eigenvalue weighted by Gasteiger charge is 2.40. The summed E-state index contributed by atoms with van der Waals surface area (Å²) in [7, 11) is 1.67. The Balaban J connectivity index is 1.27. The van der Waals surface area contributed by atoms with Gasteiger partial charge in [-0.1, -0.05) is 18.2 Å². The predicted octanol–water partition coefficient (Wildman–Crippen LogP) is 1.92. The minimum absolute atomic E-state index is 0.190. The fraction of sp³-hybridized carbons (Fsp3) is 0.400. The third-order valence-electron chi connectivity index (χ3n) is 6.89. The smallest absolute Gasteiger partial charge is 0.255 e. The van der Waals surface area contributed by atoms with Gasteiger partial charge < -0.3 is 14.5 Å². The van der Waals surface area contributed by atoms with Crippen LogP contribution in [0.5, 0.6) is 5.75 Å². The zero-order valence-electron chi connectivity index (χ0n) is 19.1. The van der Waals surface area contributed by atoms with E-state index < -0.39 is 17.8 Å². The number of carbonyl (C=O) groups excluding carboxylic acids is 3. The van der Waals surface area contributed by atoms with Gasteiger partial charge in [0.25, 0.3) is 5.91 Å². The maximum Gasteiger partial charge on any atom is 0.255 e. The number of anilines is 1. The number of ether oxygens (including phenoxy) is 1. The first-order valence-electron chi connectivity index (χ1n) is 11.5. The molecule has 1 unspecified atom stereocenters. The molecule has 0 spiro atoms. The van der Waals surface area contributed by atoms with Gasteiger partial charge in [-0.25, -0.2) is 4.39 Å². The summed E-state index contributed by atoms with van der Waals surface area (Å²) in [5.74, 6) is -0.736. The SMILES string of the molecule is COc1ccccc1CN1CCN(c2cc3c(cc2F)C(=O)N(C2CCC(=O)NC2=O)C3)CC1. The molecule has 0 aromatic heterocycles. The fourth-order valence-electron chi connectivity index (χ4n) is 5.04. The van der Waals surface area contributed by atoms with E-state index in [9.17, 15) is 14.4 Å². The van der Waals surface area contributed by atoms with E-state index in [4.69, 9.17) is 4.74 Å². The number of carbonyl (C=O) groups is 3. The van der Waals surface area contributed by atoms with Gasteiger partial charge in [-0.05, 0) is 30.2 Å². The summed E-state index contributed by atoms with van der Waals surface area (Å²) >= 11 is 0. The van der Waals surface area contributed by atoms with Crippen molar-refractivity contribution in [3.05, 3.63) is 58.9 Å². The van der Waals surface area contributed by atoms with E-state index in [0.29, 0.717) is 29.9 Å². The van der Waals surface area contributed by atoms with Gasteiger partial charge in [0, 0.05) is 56.8 Å². The molecule has 5 rings (SSSR count). The van der Waals surface area contributed by atoms with Gasteiger partial charge in [-0.2, -0.15) is 0 Å². The fourth-order valence-corrected chi connectivity index (χ4v) is 5.04. The number of halogens is 1. The van der Waals surface area contributed by atoms with Crippen LogP contribution in [0.3, 0.4) is 0 Å². The molecule has 9 heteroatoms. The number of methoxy groups -OCH3 is 1. The molecule has 178 valence electrons. The molecule has 1 N–H and O–H groups in total. The summed E-state index contributed by atoms with van der Waals surface area (Å²) in [6, 6.07) is 10.3. The molecule has 3 aliphatic heterocycles. The average Bonchev–Trinajstić information content (AvgIpc) is 3.14. The van der Waals surface area contributed by atoms with Crippen LogP contribution in [0.25, 0.3) is 0 Å². The quantitative estimate of drug-likeness (QED) is 0.678. The molecule has 2 saturated heterocycles. The molecule has 2 aromatic rings. The van der Waals surface area contributed by atoms with E-state index in [0.717, 1.165) is 30.9 Å². The van der Waals surface area contributed by atoms with Crippen LogP contribution < -0.4 is 15.0 Å². The molecule has 3 amide bonds. The van der Waals surface area contributed by atoms with E-state index in [1.807, 2.05) is 23.1 Å². The number of piperazine rings is 1. The summed E-state index contributed by atoms with van der Waals surface area (Å²) in [5.41, 5.74) is 2.60. The van der Waals surface area contributed by atoms with Crippen LogP contribution in [0.1, 0.15) is 34.3 Å². The number of hydrogen-bond acceptors (Lipinski definition) is 6. The highest BCUT2D eigenvalue weighted by molar-refractivity contribution is 6.05. The molecule has 34 heavy (non-hydrogen) atoms. The maximum absolute atomic E-state index is 15.1. The van der Waals surface area contributed by atoms with E-state index in [2.05, 4.69) is 16.3 Å². The normalized spacial score (nSPS) is 21.0. The number of nitrogens with one attached hydrogen (secondary N) is 1. The predicted molar refractivity (Wildman–Crippen MR) is 123 cm³/mol. The molecule has 0 radical (unpaired) electrons. The Bertz CT molecular complexity index is 1150. The van der Waals surface area contributed by atoms with Gasteiger partial charge in [0.1, 0.15) is 17.6 Å². The Hall–Kier alpha value is -3.46. The number of para-hydroxylation sites is 1. The van der Waals surface area contributed by atoms with Gasteiger partial charge in [-0.3, -0.25) is 24.6 Å². The average molecular weight is 467 g/mol. The number of rotatable bonds is 5. The number of benzene rings is 2. The first-order valence-corrected chi connectivity index (χ1v) is 11.5.